The predicted octanol–water partition coefficient (Wildman–Crippen LogP) is 2.99. The molecule has 6 heteroatoms. The number of piperidine rings is 1. The molecule has 128 valence electrons. The number of rotatable bonds is 4. The van der Waals surface area contributed by atoms with Crippen molar-refractivity contribution in [3.63, 3.8) is 0 Å². The van der Waals surface area contributed by atoms with Crippen LogP contribution in [0.2, 0.25) is 0 Å². The van der Waals surface area contributed by atoms with Crippen molar-refractivity contribution in [1.29, 1.82) is 0 Å². The lowest BCUT2D eigenvalue weighted by Crippen LogP contribution is -2.35. The molecule has 1 aromatic carbocycles. The Bertz CT molecular complexity index is 775. The minimum Gasteiger partial charge on any atom is -0.310 e. The van der Waals surface area contributed by atoms with Crippen molar-refractivity contribution < 1.29 is 8.78 Å². The van der Waals surface area contributed by atoms with Crippen LogP contribution in [-0.2, 0) is 13.0 Å². The Labute approximate surface area is 139 Å². The highest BCUT2D eigenvalue weighted by Gasteiger charge is 2.24. The quantitative estimate of drug-likeness (QED) is 0.936. The SMILES string of the molecule is CCc1cc(=O)[nH]c([C@@H]2CCCN(Cc3cccc(F)c3F)C2)n1. The number of nitrogens with one attached hydrogen (secondary N) is 1. The number of nitrogens with zero attached hydrogens (tertiary/aromatic N) is 2. The van der Waals surface area contributed by atoms with E-state index in [2.05, 4.69) is 14.9 Å². The molecule has 2 aromatic rings. The van der Waals surface area contributed by atoms with Gasteiger partial charge in [0.2, 0.25) is 0 Å². The van der Waals surface area contributed by atoms with Crippen molar-refractivity contribution >= 4 is 0 Å². The summed E-state index contributed by atoms with van der Waals surface area (Å²) < 4.78 is 27.2. The third-order valence-electron chi connectivity index (χ3n) is 4.49. The summed E-state index contributed by atoms with van der Waals surface area (Å²) in [4.78, 5) is 21.2. The van der Waals surface area contributed by atoms with Crippen molar-refractivity contribution in [2.75, 3.05) is 13.1 Å². The van der Waals surface area contributed by atoms with Crippen LogP contribution in [0, 0.1) is 11.6 Å². The van der Waals surface area contributed by atoms with Crippen molar-refractivity contribution in [1.82, 2.24) is 14.9 Å². The van der Waals surface area contributed by atoms with E-state index in [1.54, 1.807) is 6.07 Å². The molecule has 0 radical (unpaired) electrons. The largest absolute Gasteiger partial charge is 0.310 e. The van der Waals surface area contributed by atoms with Gasteiger partial charge in [0.05, 0.1) is 0 Å². The van der Waals surface area contributed by atoms with Gasteiger partial charge in [0.15, 0.2) is 11.6 Å². The third kappa shape index (κ3) is 3.70. The normalized spacial score (nSPS) is 18.7. The zero-order chi connectivity index (χ0) is 17.1. The fourth-order valence-electron chi connectivity index (χ4n) is 3.24. The van der Waals surface area contributed by atoms with Gasteiger partial charge in [-0.3, -0.25) is 9.69 Å². The van der Waals surface area contributed by atoms with Gasteiger partial charge in [0.1, 0.15) is 5.82 Å². The maximum atomic E-state index is 13.9. The van der Waals surface area contributed by atoms with E-state index in [4.69, 9.17) is 0 Å². The fraction of sp³-hybridized carbons (Fsp3) is 0.444. The summed E-state index contributed by atoms with van der Waals surface area (Å²) in [7, 11) is 0. The van der Waals surface area contributed by atoms with Gasteiger partial charge in [-0.05, 0) is 31.9 Å². The first-order valence-electron chi connectivity index (χ1n) is 8.32. The number of H-pyrrole nitrogens is 1. The monoisotopic (exact) mass is 333 g/mol. The second-order valence-electron chi connectivity index (χ2n) is 6.26. The molecule has 1 aromatic heterocycles. The molecule has 3 rings (SSSR count). The molecule has 0 aliphatic carbocycles. The standard InChI is InChI=1S/C18H21F2N3O/c1-2-14-9-16(24)22-18(21-14)13-6-4-8-23(11-13)10-12-5-3-7-15(19)17(12)20/h3,5,7,9,13H,2,4,6,8,10-11H2,1H3,(H,21,22,24)/t13-/m1/s1. The van der Waals surface area contributed by atoms with Crippen LogP contribution in [0.4, 0.5) is 8.78 Å². The molecular formula is C18H21F2N3O. The van der Waals surface area contributed by atoms with E-state index in [1.807, 2.05) is 6.92 Å². The molecule has 4 nitrogen and oxygen atoms in total. The molecule has 0 unspecified atom stereocenters. The Hall–Kier alpha value is -2.08. The van der Waals surface area contributed by atoms with E-state index < -0.39 is 11.6 Å². The van der Waals surface area contributed by atoms with Crippen LogP contribution in [0.25, 0.3) is 0 Å². The van der Waals surface area contributed by atoms with Gasteiger partial charge in [-0.2, -0.15) is 0 Å². The van der Waals surface area contributed by atoms with Crippen LogP contribution in [-0.4, -0.2) is 28.0 Å². The Morgan fingerprint density at radius 3 is 3.00 bits per heavy atom. The summed E-state index contributed by atoms with van der Waals surface area (Å²) in [5, 5.41) is 0. The van der Waals surface area contributed by atoms with Crippen molar-refractivity contribution in [2.45, 2.75) is 38.6 Å². The van der Waals surface area contributed by atoms with Gasteiger partial charge in [0, 0.05) is 36.3 Å². The van der Waals surface area contributed by atoms with Crippen molar-refractivity contribution in [2.24, 2.45) is 0 Å². The van der Waals surface area contributed by atoms with Crippen LogP contribution in [0.1, 0.15) is 42.8 Å². The summed E-state index contributed by atoms with van der Waals surface area (Å²) in [6, 6.07) is 5.79. The van der Waals surface area contributed by atoms with E-state index in [0.29, 0.717) is 30.9 Å². The molecule has 24 heavy (non-hydrogen) atoms. The maximum absolute atomic E-state index is 13.9. The second-order valence-corrected chi connectivity index (χ2v) is 6.26. The molecule has 0 amide bonds. The van der Waals surface area contributed by atoms with Gasteiger partial charge < -0.3 is 4.98 Å². The molecule has 1 aliphatic heterocycles. The van der Waals surface area contributed by atoms with E-state index >= 15 is 0 Å². The minimum atomic E-state index is -0.817. The van der Waals surface area contributed by atoms with Crippen LogP contribution < -0.4 is 5.56 Å². The van der Waals surface area contributed by atoms with Gasteiger partial charge in [-0.15, -0.1) is 0 Å². The van der Waals surface area contributed by atoms with Gasteiger partial charge >= 0.3 is 0 Å². The Morgan fingerprint density at radius 1 is 1.38 bits per heavy atom. The highest BCUT2D eigenvalue weighted by atomic mass is 19.2. The number of hydrogen-bond acceptors (Lipinski definition) is 3. The minimum absolute atomic E-state index is 0.106. The molecule has 1 N–H and O–H groups in total. The first kappa shape index (κ1) is 16.8. The summed E-state index contributed by atoms with van der Waals surface area (Å²) in [5.41, 5.74) is 1.01. The number of aromatic amines is 1. The number of aromatic nitrogens is 2. The number of aryl methyl sites for hydroxylation is 1. The predicted molar refractivity (Wildman–Crippen MR) is 87.8 cm³/mol. The molecule has 1 fully saturated rings. The van der Waals surface area contributed by atoms with Gasteiger partial charge in [0.25, 0.3) is 5.56 Å². The highest BCUT2D eigenvalue weighted by molar-refractivity contribution is 5.19. The molecular weight excluding hydrogens is 312 g/mol. The van der Waals surface area contributed by atoms with Gasteiger partial charge in [-0.1, -0.05) is 19.1 Å². The first-order valence-corrected chi connectivity index (χ1v) is 8.32. The van der Waals surface area contributed by atoms with Crippen LogP contribution in [0.15, 0.2) is 29.1 Å². The summed E-state index contributed by atoms with van der Waals surface area (Å²) >= 11 is 0. The van der Waals surface area contributed by atoms with Crippen molar-refractivity contribution in [3.05, 3.63) is 63.3 Å². The molecule has 0 saturated carbocycles. The molecule has 1 atom stereocenters. The number of likely N-dealkylation sites (tertiary alicyclic amines) is 1. The number of halogens is 2. The molecule has 1 aliphatic rings. The van der Waals surface area contributed by atoms with E-state index in [9.17, 15) is 13.6 Å². The third-order valence-corrected chi connectivity index (χ3v) is 4.49. The Balaban J connectivity index is 1.76. The average Bonchev–Trinajstić information content (AvgIpc) is 2.58. The molecule has 2 heterocycles. The number of hydrogen-bond donors (Lipinski definition) is 1. The highest BCUT2D eigenvalue weighted by Crippen LogP contribution is 2.26. The summed E-state index contributed by atoms with van der Waals surface area (Å²) in [6.45, 7) is 3.82. The zero-order valence-corrected chi connectivity index (χ0v) is 13.7. The maximum Gasteiger partial charge on any atom is 0.251 e. The first-order chi connectivity index (χ1) is 11.6. The summed E-state index contributed by atoms with van der Waals surface area (Å²) in [5.74, 6) is -0.792. The zero-order valence-electron chi connectivity index (χ0n) is 13.7. The lowest BCUT2D eigenvalue weighted by atomic mass is 9.96. The Morgan fingerprint density at radius 2 is 2.21 bits per heavy atom. The molecule has 0 bridgehead atoms. The van der Waals surface area contributed by atoms with E-state index in [0.717, 1.165) is 31.1 Å². The lowest BCUT2D eigenvalue weighted by Gasteiger charge is -2.32. The van der Waals surface area contributed by atoms with Crippen LogP contribution in [0.5, 0.6) is 0 Å². The smallest absolute Gasteiger partial charge is 0.251 e. The van der Waals surface area contributed by atoms with Gasteiger partial charge in [-0.25, -0.2) is 13.8 Å². The van der Waals surface area contributed by atoms with Crippen molar-refractivity contribution in [3.8, 4) is 0 Å². The average molecular weight is 333 g/mol. The van der Waals surface area contributed by atoms with E-state index in [-0.39, 0.29) is 11.5 Å². The fourth-order valence-corrected chi connectivity index (χ4v) is 3.24. The second kappa shape index (κ2) is 7.21. The van der Waals surface area contributed by atoms with E-state index in [1.165, 1.54) is 12.1 Å². The topological polar surface area (TPSA) is 49.0 Å². The summed E-state index contributed by atoms with van der Waals surface area (Å²) in [6.07, 6.45) is 2.57. The Kier molecular flexibility index (Phi) is 5.04. The molecule has 0 spiro atoms. The van der Waals surface area contributed by atoms with Crippen LogP contribution in [0.3, 0.4) is 0 Å². The lowest BCUT2D eigenvalue weighted by molar-refractivity contribution is 0.193. The molecule has 1 saturated heterocycles. The van der Waals surface area contributed by atoms with Crippen LogP contribution >= 0.6 is 0 Å². The number of benzene rings is 1.